The van der Waals surface area contributed by atoms with Gasteiger partial charge in [0.05, 0.1) is 17.2 Å². The van der Waals surface area contributed by atoms with Crippen molar-refractivity contribution in [2.75, 3.05) is 22.1 Å². The second-order valence-electron chi connectivity index (χ2n) is 5.61. The van der Waals surface area contributed by atoms with Gasteiger partial charge in [-0.05, 0) is 30.7 Å². The number of pyridine rings is 1. The van der Waals surface area contributed by atoms with Gasteiger partial charge in [0.25, 0.3) is 5.91 Å². The Bertz CT molecular complexity index is 870. The highest BCUT2D eigenvalue weighted by atomic mass is 32.2. The molecular formula is C16H16FN3O3S. The molecule has 1 aliphatic heterocycles. The number of sulfone groups is 1. The predicted octanol–water partition coefficient (Wildman–Crippen LogP) is 2.07. The van der Waals surface area contributed by atoms with Crippen LogP contribution in [0.1, 0.15) is 16.9 Å². The molecule has 2 aromatic rings. The number of aromatic nitrogens is 1. The van der Waals surface area contributed by atoms with Crippen LogP contribution < -0.4 is 10.6 Å². The fourth-order valence-electron chi connectivity index (χ4n) is 2.54. The summed E-state index contributed by atoms with van der Waals surface area (Å²) in [5.41, 5.74) is 0.791. The molecule has 2 heterocycles. The van der Waals surface area contributed by atoms with E-state index < -0.39 is 21.6 Å². The van der Waals surface area contributed by atoms with Gasteiger partial charge in [0, 0.05) is 17.9 Å². The summed E-state index contributed by atoms with van der Waals surface area (Å²) < 4.78 is 36.6. The number of rotatable bonds is 4. The quantitative estimate of drug-likeness (QED) is 0.882. The Kier molecular flexibility index (Phi) is 4.48. The molecule has 1 saturated heterocycles. The average molecular weight is 349 g/mol. The van der Waals surface area contributed by atoms with E-state index in [2.05, 4.69) is 15.6 Å². The van der Waals surface area contributed by atoms with Crippen molar-refractivity contribution in [2.24, 2.45) is 0 Å². The van der Waals surface area contributed by atoms with E-state index in [0.29, 0.717) is 12.1 Å². The molecule has 1 aliphatic rings. The molecule has 1 fully saturated rings. The number of benzene rings is 1. The van der Waals surface area contributed by atoms with Gasteiger partial charge in [-0.25, -0.2) is 12.8 Å². The summed E-state index contributed by atoms with van der Waals surface area (Å²) in [4.78, 5) is 16.2. The van der Waals surface area contributed by atoms with E-state index in [1.54, 1.807) is 12.1 Å². The minimum atomic E-state index is -2.99. The van der Waals surface area contributed by atoms with E-state index in [-0.39, 0.29) is 28.9 Å². The minimum Gasteiger partial charge on any atom is -0.381 e. The fourth-order valence-corrected chi connectivity index (χ4v) is 4.21. The van der Waals surface area contributed by atoms with E-state index in [0.717, 1.165) is 0 Å². The van der Waals surface area contributed by atoms with Crippen LogP contribution in [-0.4, -0.2) is 36.9 Å². The molecule has 3 rings (SSSR count). The standard InChI is InChI=1S/C16H16FN3O3S/c17-13-3-1-2-4-14(13)20-16(21)15-9-11(5-7-18-15)19-12-6-8-24(22,23)10-12/h1-5,7,9,12H,6,8,10H2,(H,18,19)(H,20,21). The van der Waals surface area contributed by atoms with Crippen LogP contribution in [0.25, 0.3) is 0 Å². The van der Waals surface area contributed by atoms with E-state index in [9.17, 15) is 17.6 Å². The number of para-hydroxylation sites is 1. The molecule has 1 aromatic heterocycles. The Labute approximate surface area is 139 Å². The summed E-state index contributed by atoms with van der Waals surface area (Å²) in [6.45, 7) is 0. The molecule has 0 aliphatic carbocycles. The lowest BCUT2D eigenvalue weighted by atomic mass is 10.2. The number of halogens is 1. The van der Waals surface area contributed by atoms with Crippen LogP contribution in [0.2, 0.25) is 0 Å². The molecule has 8 heteroatoms. The van der Waals surface area contributed by atoms with Crippen molar-refractivity contribution in [1.82, 2.24) is 4.98 Å². The van der Waals surface area contributed by atoms with Gasteiger partial charge in [-0.3, -0.25) is 9.78 Å². The Hall–Kier alpha value is -2.48. The Balaban J connectivity index is 1.71. The number of nitrogens with one attached hydrogen (secondary N) is 2. The first-order valence-corrected chi connectivity index (χ1v) is 9.24. The maximum Gasteiger partial charge on any atom is 0.274 e. The number of anilines is 2. The van der Waals surface area contributed by atoms with Crippen molar-refractivity contribution in [3.05, 3.63) is 54.1 Å². The highest BCUT2D eigenvalue weighted by Gasteiger charge is 2.27. The average Bonchev–Trinajstić information content (AvgIpc) is 2.88. The molecule has 1 atom stereocenters. The molecule has 126 valence electrons. The molecule has 0 spiro atoms. The van der Waals surface area contributed by atoms with Crippen molar-refractivity contribution in [1.29, 1.82) is 0 Å². The van der Waals surface area contributed by atoms with E-state index >= 15 is 0 Å². The van der Waals surface area contributed by atoms with Crippen molar-refractivity contribution in [3.8, 4) is 0 Å². The van der Waals surface area contributed by atoms with Gasteiger partial charge in [-0.15, -0.1) is 0 Å². The highest BCUT2D eigenvalue weighted by molar-refractivity contribution is 7.91. The van der Waals surface area contributed by atoms with Crippen LogP contribution in [-0.2, 0) is 9.84 Å². The largest absolute Gasteiger partial charge is 0.381 e. The third kappa shape index (κ3) is 3.88. The fraction of sp³-hybridized carbons (Fsp3) is 0.250. The smallest absolute Gasteiger partial charge is 0.274 e. The molecule has 2 N–H and O–H groups in total. The maximum absolute atomic E-state index is 13.6. The summed E-state index contributed by atoms with van der Waals surface area (Å²) in [6, 6.07) is 8.85. The molecule has 1 unspecified atom stereocenters. The summed E-state index contributed by atoms with van der Waals surface area (Å²) in [5, 5.41) is 5.55. The van der Waals surface area contributed by atoms with Crippen LogP contribution >= 0.6 is 0 Å². The van der Waals surface area contributed by atoms with Crippen molar-refractivity contribution in [2.45, 2.75) is 12.5 Å². The molecule has 6 nitrogen and oxygen atoms in total. The molecule has 0 radical (unpaired) electrons. The van der Waals surface area contributed by atoms with Gasteiger partial charge in [0.15, 0.2) is 9.84 Å². The van der Waals surface area contributed by atoms with Gasteiger partial charge < -0.3 is 10.6 Å². The third-order valence-corrected chi connectivity index (χ3v) is 5.49. The van der Waals surface area contributed by atoms with Gasteiger partial charge in [0.1, 0.15) is 11.5 Å². The first kappa shape index (κ1) is 16.4. The number of hydrogen-bond acceptors (Lipinski definition) is 5. The normalized spacial score (nSPS) is 19.0. The van der Waals surface area contributed by atoms with Crippen LogP contribution in [0.15, 0.2) is 42.6 Å². The lowest BCUT2D eigenvalue weighted by Gasteiger charge is -2.13. The van der Waals surface area contributed by atoms with E-state index in [4.69, 9.17) is 0 Å². The second-order valence-corrected chi connectivity index (χ2v) is 7.84. The monoisotopic (exact) mass is 349 g/mol. The lowest BCUT2D eigenvalue weighted by Crippen LogP contribution is -2.21. The Morgan fingerprint density at radius 1 is 1.25 bits per heavy atom. The zero-order valence-corrected chi connectivity index (χ0v) is 13.5. The van der Waals surface area contributed by atoms with Crippen molar-refractivity contribution < 1.29 is 17.6 Å². The van der Waals surface area contributed by atoms with Gasteiger partial charge in [-0.1, -0.05) is 12.1 Å². The van der Waals surface area contributed by atoms with Crippen LogP contribution in [0.4, 0.5) is 15.8 Å². The third-order valence-electron chi connectivity index (χ3n) is 3.72. The highest BCUT2D eigenvalue weighted by Crippen LogP contribution is 2.19. The van der Waals surface area contributed by atoms with Crippen LogP contribution in [0.5, 0.6) is 0 Å². The number of hydrogen-bond donors (Lipinski definition) is 2. The number of carbonyl (C=O) groups excluding carboxylic acids is 1. The molecule has 0 bridgehead atoms. The summed E-state index contributed by atoms with van der Waals surface area (Å²) >= 11 is 0. The Morgan fingerprint density at radius 2 is 2.04 bits per heavy atom. The molecule has 0 saturated carbocycles. The lowest BCUT2D eigenvalue weighted by molar-refractivity contribution is 0.102. The number of carbonyl (C=O) groups is 1. The van der Waals surface area contributed by atoms with Gasteiger partial charge in [-0.2, -0.15) is 0 Å². The topological polar surface area (TPSA) is 88.2 Å². The van der Waals surface area contributed by atoms with E-state index in [1.807, 2.05) is 0 Å². The van der Waals surface area contributed by atoms with Crippen molar-refractivity contribution >= 4 is 27.1 Å². The van der Waals surface area contributed by atoms with Gasteiger partial charge >= 0.3 is 0 Å². The Morgan fingerprint density at radius 3 is 2.75 bits per heavy atom. The summed E-state index contributed by atoms with van der Waals surface area (Å²) in [7, 11) is -2.99. The summed E-state index contributed by atoms with van der Waals surface area (Å²) in [5.74, 6) is -0.832. The zero-order valence-electron chi connectivity index (χ0n) is 12.7. The zero-order chi connectivity index (χ0) is 17.2. The molecule has 1 aromatic carbocycles. The molecule has 24 heavy (non-hydrogen) atoms. The summed E-state index contributed by atoms with van der Waals surface area (Å²) in [6.07, 6.45) is 1.98. The van der Waals surface area contributed by atoms with E-state index in [1.165, 1.54) is 30.5 Å². The predicted molar refractivity (Wildman–Crippen MR) is 89.3 cm³/mol. The SMILES string of the molecule is O=C(Nc1ccccc1F)c1cc(NC2CCS(=O)(=O)C2)ccn1. The second kappa shape index (κ2) is 6.56. The minimum absolute atomic E-state index is 0.0737. The number of amides is 1. The van der Waals surface area contributed by atoms with Crippen molar-refractivity contribution in [3.63, 3.8) is 0 Å². The first-order valence-electron chi connectivity index (χ1n) is 7.42. The molecule has 1 amide bonds. The van der Waals surface area contributed by atoms with Crippen LogP contribution in [0, 0.1) is 5.82 Å². The number of nitrogens with zero attached hydrogens (tertiary/aromatic N) is 1. The maximum atomic E-state index is 13.6. The molecular weight excluding hydrogens is 333 g/mol. The van der Waals surface area contributed by atoms with Crippen LogP contribution in [0.3, 0.4) is 0 Å². The first-order chi connectivity index (χ1) is 11.4. The van der Waals surface area contributed by atoms with Gasteiger partial charge in [0.2, 0.25) is 0 Å².